The number of unbranched alkanes of at least 4 members (excludes halogenated alkanes) is 22. The molecule has 1 atom stereocenters. The van der Waals surface area contributed by atoms with E-state index in [9.17, 15) is 14.4 Å². The third-order valence-corrected chi connectivity index (χ3v) is 11.1. The number of esters is 3. The molecule has 0 fully saturated rings. The molecule has 0 saturated carbocycles. The maximum atomic E-state index is 12.8. The SMILES string of the molecule is CC/C=C\C/C=C\C/C=C\CCCCCCCC(=O)OC[C@H](COC(=O)CCCCCCCCCCCCCC)OC(=O)CCCCC/C=C\C/C=C\C/C=C\C/C=C\CCCCC. The number of ether oxygens (including phenoxy) is 3. The van der Waals surface area contributed by atoms with E-state index in [1.165, 1.54) is 83.5 Å². The molecule has 0 N–H and O–H groups in total. The number of hydrogen-bond donors (Lipinski definition) is 0. The molecular weight excluding hydrogens is 793 g/mol. The zero-order valence-corrected chi connectivity index (χ0v) is 41.8. The predicted molar refractivity (Wildman–Crippen MR) is 274 cm³/mol. The fourth-order valence-corrected chi connectivity index (χ4v) is 7.15. The number of allylic oxidation sites excluding steroid dienone is 14. The van der Waals surface area contributed by atoms with Crippen LogP contribution in [0.15, 0.2) is 85.1 Å². The Morgan fingerprint density at radius 3 is 1.00 bits per heavy atom. The van der Waals surface area contributed by atoms with Crippen LogP contribution in [0.2, 0.25) is 0 Å². The van der Waals surface area contributed by atoms with Crippen LogP contribution in [0.3, 0.4) is 0 Å². The first-order valence-electron chi connectivity index (χ1n) is 26.6. The van der Waals surface area contributed by atoms with Crippen molar-refractivity contribution in [3.8, 4) is 0 Å². The highest BCUT2D eigenvalue weighted by Crippen LogP contribution is 2.14. The topological polar surface area (TPSA) is 78.9 Å². The summed E-state index contributed by atoms with van der Waals surface area (Å²) in [6.45, 7) is 6.45. The van der Waals surface area contributed by atoms with Gasteiger partial charge in [-0.05, 0) is 96.3 Å². The monoisotopic (exact) mass is 891 g/mol. The highest BCUT2D eigenvalue weighted by atomic mass is 16.6. The van der Waals surface area contributed by atoms with Crippen LogP contribution in [0.25, 0.3) is 0 Å². The van der Waals surface area contributed by atoms with Crippen molar-refractivity contribution in [1.29, 1.82) is 0 Å². The maximum absolute atomic E-state index is 12.8. The second kappa shape index (κ2) is 52.2. The van der Waals surface area contributed by atoms with E-state index >= 15 is 0 Å². The Kier molecular flexibility index (Phi) is 49.4. The van der Waals surface area contributed by atoms with Crippen LogP contribution in [-0.2, 0) is 28.6 Å². The number of carbonyl (C=O) groups is 3. The summed E-state index contributed by atoms with van der Waals surface area (Å²) in [5.41, 5.74) is 0. The van der Waals surface area contributed by atoms with E-state index in [-0.39, 0.29) is 37.5 Å². The minimum absolute atomic E-state index is 0.0940. The summed E-state index contributed by atoms with van der Waals surface area (Å²) in [5.74, 6) is -0.942. The molecule has 0 saturated heterocycles. The first-order valence-corrected chi connectivity index (χ1v) is 26.6. The van der Waals surface area contributed by atoms with Gasteiger partial charge in [-0.2, -0.15) is 0 Å². The van der Waals surface area contributed by atoms with Gasteiger partial charge in [-0.15, -0.1) is 0 Å². The van der Waals surface area contributed by atoms with E-state index < -0.39 is 6.10 Å². The van der Waals surface area contributed by atoms with Crippen LogP contribution in [0.4, 0.5) is 0 Å². The summed E-state index contributed by atoms with van der Waals surface area (Å²) < 4.78 is 16.8. The van der Waals surface area contributed by atoms with E-state index in [1.54, 1.807) is 0 Å². The molecule has 0 unspecified atom stereocenters. The molecule has 0 heterocycles. The zero-order chi connectivity index (χ0) is 46.5. The van der Waals surface area contributed by atoms with Gasteiger partial charge in [0.05, 0.1) is 0 Å². The smallest absolute Gasteiger partial charge is 0.306 e. The molecule has 64 heavy (non-hydrogen) atoms. The van der Waals surface area contributed by atoms with Gasteiger partial charge in [0.2, 0.25) is 0 Å². The standard InChI is InChI=1S/C58H98O6/c1-4-7-10-13-16-19-22-25-27-28-29-30-32-34-37-40-43-46-49-52-58(61)64-55(53-62-56(59)50-47-44-41-38-35-24-21-18-15-12-9-6-3)54-63-57(60)51-48-45-42-39-36-33-31-26-23-20-17-14-11-8-5-2/h8,11,16-17,19-20,25-27,29-31,34,37,55H,4-7,9-10,12-15,18,21-24,28,32-33,35-36,38-54H2,1-3H3/b11-8-,19-16-,20-17-,27-25-,30-29-,31-26-,37-34-/t55-/m0/s1. The summed E-state index contributed by atoms with van der Waals surface area (Å²) in [6.07, 6.45) is 67.0. The van der Waals surface area contributed by atoms with Crippen LogP contribution in [0, 0.1) is 0 Å². The molecule has 0 aliphatic rings. The normalized spacial score (nSPS) is 12.7. The third kappa shape index (κ3) is 49.6. The third-order valence-electron chi connectivity index (χ3n) is 11.1. The highest BCUT2D eigenvalue weighted by Gasteiger charge is 2.19. The van der Waals surface area contributed by atoms with Gasteiger partial charge >= 0.3 is 17.9 Å². The van der Waals surface area contributed by atoms with Crippen molar-refractivity contribution < 1.29 is 28.6 Å². The maximum Gasteiger partial charge on any atom is 0.306 e. The van der Waals surface area contributed by atoms with Crippen LogP contribution in [0.1, 0.15) is 245 Å². The van der Waals surface area contributed by atoms with Gasteiger partial charge in [-0.1, -0.05) is 215 Å². The summed E-state index contributed by atoms with van der Waals surface area (Å²) in [4.78, 5) is 38.0. The van der Waals surface area contributed by atoms with Gasteiger partial charge in [0.15, 0.2) is 6.10 Å². The molecule has 0 aliphatic carbocycles. The van der Waals surface area contributed by atoms with Gasteiger partial charge in [-0.25, -0.2) is 0 Å². The first-order chi connectivity index (χ1) is 31.5. The number of rotatable bonds is 47. The van der Waals surface area contributed by atoms with Crippen molar-refractivity contribution in [2.45, 2.75) is 252 Å². The van der Waals surface area contributed by atoms with E-state index in [0.29, 0.717) is 12.8 Å². The van der Waals surface area contributed by atoms with Crippen LogP contribution >= 0.6 is 0 Å². The second-order valence-electron chi connectivity index (χ2n) is 17.4. The van der Waals surface area contributed by atoms with Crippen molar-refractivity contribution in [3.05, 3.63) is 85.1 Å². The molecule has 0 bridgehead atoms. The van der Waals surface area contributed by atoms with Crippen LogP contribution < -0.4 is 0 Å². The number of hydrogen-bond acceptors (Lipinski definition) is 6. The lowest BCUT2D eigenvalue weighted by Gasteiger charge is -2.18. The molecule has 0 aromatic carbocycles. The second-order valence-corrected chi connectivity index (χ2v) is 17.4. The highest BCUT2D eigenvalue weighted by molar-refractivity contribution is 5.71. The molecule has 0 spiro atoms. The van der Waals surface area contributed by atoms with E-state index in [4.69, 9.17) is 14.2 Å². The lowest BCUT2D eigenvalue weighted by Crippen LogP contribution is -2.30. The van der Waals surface area contributed by atoms with Gasteiger partial charge in [0.25, 0.3) is 0 Å². The minimum Gasteiger partial charge on any atom is -0.462 e. The summed E-state index contributed by atoms with van der Waals surface area (Å²) >= 11 is 0. The van der Waals surface area contributed by atoms with Gasteiger partial charge in [0.1, 0.15) is 13.2 Å². The van der Waals surface area contributed by atoms with Gasteiger partial charge < -0.3 is 14.2 Å². The van der Waals surface area contributed by atoms with Crippen molar-refractivity contribution in [1.82, 2.24) is 0 Å². The number of carbonyl (C=O) groups excluding carboxylic acids is 3. The summed E-state index contributed by atoms with van der Waals surface area (Å²) in [5, 5.41) is 0. The molecule has 0 rings (SSSR count). The molecular formula is C58H98O6. The van der Waals surface area contributed by atoms with Crippen molar-refractivity contribution in [2.24, 2.45) is 0 Å². The zero-order valence-electron chi connectivity index (χ0n) is 41.8. The lowest BCUT2D eigenvalue weighted by molar-refractivity contribution is -0.167. The molecule has 0 aromatic heterocycles. The average molecular weight is 891 g/mol. The average Bonchev–Trinajstić information content (AvgIpc) is 3.29. The summed E-state index contributed by atoms with van der Waals surface area (Å²) in [6, 6.07) is 0. The van der Waals surface area contributed by atoms with Crippen LogP contribution in [-0.4, -0.2) is 37.2 Å². The first kappa shape index (κ1) is 60.6. The Balaban J connectivity index is 4.47. The quantitative estimate of drug-likeness (QED) is 0.0262. The Morgan fingerprint density at radius 1 is 0.328 bits per heavy atom. The molecule has 366 valence electrons. The molecule has 0 aromatic rings. The molecule has 0 amide bonds. The molecule has 6 nitrogen and oxygen atoms in total. The van der Waals surface area contributed by atoms with Crippen molar-refractivity contribution in [2.75, 3.05) is 13.2 Å². The fraction of sp³-hybridized carbons (Fsp3) is 0.707. The summed E-state index contributed by atoms with van der Waals surface area (Å²) in [7, 11) is 0. The molecule has 6 heteroatoms. The van der Waals surface area contributed by atoms with Gasteiger partial charge in [-0.3, -0.25) is 14.4 Å². The Morgan fingerprint density at radius 2 is 0.609 bits per heavy atom. The van der Waals surface area contributed by atoms with E-state index in [0.717, 1.165) is 122 Å². The van der Waals surface area contributed by atoms with E-state index in [1.807, 2.05) is 0 Å². The van der Waals surface area contributed by atoms with Crippen LogP contribution in [0.5, 0.6) is 0 Å². The molecule has 0 radical (unpaired) electrons. The van der Waals surface area contributed by atoms with Crippen molar-refractivity contribution >= 4 is 17.9 Å². The Labute approximate surface area is 395 Å². The van der Waals surface area contributed by atoms with E-state index in [2.05, 4.69) is 106 Å². The lowest BCUT2D eigenvalue weighted by atomic mass is 10.0. The van der Waals surface area contributed by atoms with Crippen molar-refractivity contribution in [3.63, 3.8) is 0 Å². The molecule has 0 aliphatic heterocycles. The largest absolute Gasteiger partial charge is 0.462 e. The Bertz CT molecular complexity index is 1250. The fourth-order valence-electron chi connectivity index (χ4n) is 7.15. The predicted octanol–water partition coefficient (Wildman–Crippen LogP) is 17.6. The van der Waals surface area contributed by atoms with Gasteiger partial charge in [0, 0.05) is 19.3 Å². The minimum atomic E-state index is -0.799. The Hall–Kier alpha value is -3.41.